The standard InChI is InChI=1S/C35H48N4O6/c1-21-28-20-39(29(21)22(2)40)32(41)30(34(3)16-10-7-11-17-34)38-33(42)45-35(4)19-23(35)12-8-6-9-13-26-31(44-28)37-27-18-24(43-5)14-15-25(27)36-26/h14-15,18,21,23,28-30H,6-13,16-17,19-20H2,1-5H3,(H,38,42)/t21-,23-,28+,29+,30-,35-/m1/s1. The van der Waals surface area contributed by atoms with Crippen LogP contribution in [0.15, 0.2) is 18.2 Å². The van der Waals surface area contributed by atoms with E-state index in [2.05, 4.69) is 12.2 Å². The number of fused-ring (bicyclic) bond motifs is 5. The van der Waals surface area contributed by atoms with E-state index in [-0.39, 0.29) is 24.2 Å². The third kappa shape index (κ3) is 6.34. The van der Waals surface area contributed by atoms with Crippen LogP contribution >= 0.6 is 0 Å². The molecule has 1 aromatic carbocycles. The molecule has 2 bridgehead atoms. The van der Waals surface area contributed by atoms with Crippen molar-refractivity contribution in [1.29, 1.82) is 0 Å². The molecular weight excluding hydrogens is 572 g/mol. The number of hydrogen-bond acceptors (Lipinski definition) is 8. The van der Waals surface area contributed by atoms with E-state index in [0.717, 1.165) is 75.4 Å². The monoisotopic (exact) mass is 620 g/mol. The summed E-state index contributed by atoms with van der Waals surface area (Å²) >= 11 is 0. The first-order valence-electron chi connectivity index (χ1n) is 16.8. The highest BCUT2D eigenvalue weighted by Gasteiger charge is 2.55. The number of alkyl carbamates (subject to hydrolysis) is 1. The maximum atomic E-state index is 14.6. The third-order valence-electron chi connectivity index (χ3n) is 11.0. The van der Waals surface area contributed by atoms with Gasteiger partial charge in [0.1, 0.15) is 29.2 Å². The molecule has 244 valence electrons. The smallest absolute Gasteiger partial charge is 0.408 e. The number of ether oxygens (including phenoxy) is 3. The summed E-state index contributed by atoms with van der Waals surface area (Å²) in [6.07, 6.45) is 9.14. The molecule has 1 saturated heterocycles. The minimum atomic E-state index is -0.804. The molecular formula is C35H48N4O6. The molecule has 4 aliphatic rings. The molecule has 2 aliphatic carbocycles. The zero-order chi connectivity index (χ0) is 31.9. The lowest BCUT2D eigenvalue weighted by atomic mass is 9.70. The van der Waals surface area contributed by atoms with Crippen LogP contribution in [0, 0.1) is 17.3 Å². The Labute approximate surface area is 266 Å². The van der Waals surface area contributed by atoms with Crippen LogP contribution in [-0.4, -0.2) is 70.1 Å². The van der Waals surface area contributed by atoms with Crippen molar-refractivity contribution in [1.82, 2.24) is 20.2 Å². The summed E-state index contributed by atoms with van der Waals surface area (Å²) in [6, 6.07) is 4.14. The number of benzene rings is 1. The van der Waals surface area contributed by atoms with E-state index in [9.17, 15) is 14.4 Å². The number of nitrogens with one attached hydrogen (secondary N) is 1. The maximum absolute atomic E-state index is 14.6. The van der Waals surface area contributed by atoms with Gasteiger partial charge < -0.3 is 24.4 Å². The van der Waals surface area contributed by atoms with Crippen molar-refractivity contribution in [3.63, 3.8) is 0 Å². The lowest BCUT2D eigenvalue weighted by Gasteiger charge is -2.42. The number of hydrogen-bond donors (Lipinski definition) is 1. The number of aryl methyl sites for hydroxylation is 1. The van der Waals surface area contributed by atoms with Crippen LogP contribution in [0.1, 0.15) is 97.6 Å². The summed E-state index contributed by atoms with van der Waals surface area (Å²) in [5.41, 5.74) is 1.25. The number of aromatic nitrogens is 2. The van der Waals surface area contributed by atoms with Crippen molar-refractivity contribution in [3.05, 3.63) is 23.9 Å². The normalized spacial score (nSPS) is 32.2. The van der Waals surface area contributed by atoms with Crippen molar-refractivity contribution >= 4 is 28.8 Å². The molecule has 0 unspecified atom stereocenters. The Morgan fingerprint density at radius 3 is 2.53 bits per heavy atom. The van der Waals surface area contributed by atoms with Gasteiger partial charge in [0.2, 0.25) is 11.8 Å². The molecule has 3 fully saturated rings. The Hall–Kier alpha value is -3.43. The summed E-state index contributed by atoms with van der Waals surface area (Å²) in [5, 5.41) is 3.03. The first kappa shape index (κ1) is 31.5. The van der Waals surface area contributed by atoms with Crippen molar-refractivity contribution in [2.75, 3.05) is 13.7 Å². The van der Waals surface area contributed by atoms with Crippen LogP contribution in [0.4, 0.5) is 4.79 Å². The van der Waals surface area contributed by atoms with Crippen LogP contribution in [0.25, 0.3) is 11.0 Å². The number of rotatable bonds is 3. The van der Waals surface area contributed by atoms with Crippen LogP contribution in [0.5, 0.6) is 11.6 Å². The summed E-state index contributed by atoms with van der Waals surface area (Å²) in [5.74, 6) is 0.784. The number of methoxy groups -OCH3 is 1. The third-order valence-corrected chi connectivity index (χ3v) is 11.0. The molecule has 0 radical (unpaired) electrons. The van der Waals surface area contributed by atoms with Crippen LogP contribution < -0.4 is 14.8 Å². The highest BCUT2D eigenvalue weighted by molar-refractivity contribution is 5.92. The highest BCUT2D eigenvalue weighted by Crippen LogP contribution is 2.50. The van der Waals surface area contributed by atoms with E-state index in [1.165, 1.54) is 6.92 Å². The molecule has 6 atom stereocenters. The molecule has 0 spiro atoms. The zero-order valence-corrected chi connectivity index (χ0v) is 27.4. The van der Waals surface area contributed by atoms with Gasteiger partial charge in [0.05, 0.1) is 30.7 Å². The summed E-state index contributed by atoms with van der Waals surface area (Å²) in [4.78, 5) is 52.7. The average molecular weight is 621 g/mol. The van der Waals surface area contributed by atoms with Crippen LogP contribution in [0.3, 0.4) is 0 Å². The fourth-order valence-electron chi connectivity index (χ4n) is 8.03. The van der Waals surface area contributed by atoms with Gasteiger partial charge in [0, 0.05) is 17.9 Å². The fraction of sp³-hybridized carbons (Fsp3) is 0.686. The molecule has 2 aromatic rings. The van der Waals surface area contributed by atoms with Crippen molar-refractivity contribution in [2.45, 2.75) is 122 Å². The highest BCUT2D eigenvalue weighted by atomic mass is 16.6. The van der Waals surface area contributed by atoms with E-state index in [1.807, 2.05) is 32.0 Å². The van der Waals surface area contributed by atoms with Crippen LogP contribution in [0.2, 0.25) is 0 Å². The van der Waals surface area contributed by atoms with Gasteiger partial charge in [-0.2, -0.15) is 0 Å². The largest absolute Gasteiger partial charge is 0.497 e. The Kier molecular flexibility index (Phi) is 8.69. The minimum Gasteiger partial charge on any atom is -0.497 e. The van der Waals surface area contributed by atoms with Gasteiger partial charge in [-0.05, 0) is 69.9 Å². The van der Waals surface area contributed by atoms with Gasteiger partial charge in [-0.15, -0.1) is 0 Å². The molecule has 45 heavy (non-hydrogen) atoms. The van der Waals surface area contributed by atoms with Gasteiger partial charge in [0.15, 0.2) is 5.78 Å². The minimum absolute atomic E-state index is 0.106. The fourth-order valence-corrected chi connectivity index (χ4v) is 8.03. The van der Waals surface area contributed by atoms with E-state index in [1.54, 1.807) is 12.0 Å². The number of nitrogens with zero attached hydrogens (tertiary/aromatic N) is 3. The quantitative estimate of drug-likeness (QED) is 0.459. The summed E-state index contributed by atoms with van der Waals surface area (Å²) in [6.45, 7) is 7.78. The topological polar surface area (TPSA) is 120 Å². The molecule has 2 amide bonds. The number of ketones is 1. The van der Waals surface area contributed by atoms with Crippen molar-refractivity contribution in [3.8, 4) is 11.6 Å². The Balaban J connectivity index is 1.37. The van der Waals surface area contributed by atoms with Gasteiger partial charge in [0.25, 0.3) is 0 Å². The average Bonchev–Trinajstić information content (AvgIpc) is 3.52. The second kappa shape index (κ2) is 12.4. The van der Waals surface area contributed by atoms with Gasteiger partial charge >= 0.3 is 6.09 Å². The van der Waals surface area contributed by atoms with Gasteiger partial charge in [-0.25, -0.2) is 14.8 Å². The molecule has 2 saturated carbocycles. The van der Waals surface area contributed by atoms with Gasteiger partial charge in [-0.3, -0.25) is 9.59 Å². The van der Waals surface area contributed by atoms with E-state index < -0.39 is 35.3 Å². The molecule has 1 aromatic heterocycles. The number of carbonyl (C=O) groups is 3. The van der Waals surface area contributed by atoms with Crippen LogP contribution in [-0.2, 0) is 20.7 Å². The number of amides is 2. The SMILES string of the molecule is COc1ccc2nc3c(nc2c1)O[C@H]1CN(C(=O)[C@H](C2(C)CCCCC2)NC(=O)O[C@]2(C)C[C@H]2CCCCC3)[C@H](C(C)=O)[C@@H]1C. The number of carbonyl (C=O) groups excluding carboxylic acids is 3. The predicted octanol–water partition coefficient (Wildman–Crippen LogP) is 5.78. The lowest BCUT2D eigenvalue weighted by molar-refractivity contribution is -0.142. The van der Waals surface area contributed by atoms with Crippen molar-refractivity contribution in [2.24, 2.45) is 17.3 Å². The van der Waals surface area contributed by atoms with E-state index in [4.69, 9.17) is 24.2 Å². The Bertz CT molecular complexity index is 1460. The first-order valence-corrected chi connectivity index (χ1v) is 16.8. The molecule has 6 rings (SSSR count). The zero-order valence-electron chi connectivity index (χ0n) is 27.4. The second-order valence-corrected chi connectivity index (χ2v) is 14.4. The molecule has 10 nitrogen and oxygen atoms in total. The summed E-state index contributed by atoms with van der Waals surface area (Å²) in [7, 11) is 1.62. The predicted molar refractivity (Wildman–Crippen MR) is 169 cm³/mol. The van der Waals surface area contributed by atoms with Crippen molar-refractivity contribution < 1.29 is 28.6 Å². The molecule has 3 heterocycles. The molecule has 1 N–H and O–H groups in total. The number of Topliss-reactive ketones (excluding diaryl/α,β-unsaturated/α-hetero) is 1. The van der Waals surface area contributed by atoms with E-state index in [0.29, 0.717) is 29.5 Å². The first-order chi connectivity index (χ1) is 21.5. The summed E-state index contributed by atoms with van der Waals surface area (Å²) < 4.78 is 18.1. The van der Waals surface area contributed by atoms with Gasteiger partial charge in [-0.1, -0.05) is 46.0 Å². The molecule has 2 aliphatic heterocycles. The maximum Gasteiger partial charge on any atom is 0.408 e. The second-order valence-electron chi connectivity index (χ2n) is 14.4. The van der Waals surface area contributed by atoms with E-state index >= 15 is 0 Å². The Morgan fingerprint density at radius 1 is 1.04 bits per heavy atom. The lowest BCUT2D eigenvalue weighted by Crippen LogP contribution is -2.59. The Morgan fingerprint density at radius 2 is 1.80 bits per heavy atom. The molecule has 10 heteroatoms.